The van der Waals surface area contributed by atoms with Crippen molar-refractivity contribution in [2.24, 2.45) is 0 Å². The zero-order chi connectivity index (χ0) is 43.8. The van der Waals surface area contributed by atoms with E-state index in [4.69, 9.17) is 19.9 Å². The van der Waals surface area contributed by atoms with Crippen LogP contribution in [0.15, 0.2) is 243 Å². The van der Waals surface area contributed by atoms with Crippen LogP contribution in [-0.2, 0) is 0 Å². The molecular weight excluding hydrogens is 801 g/mol. The van der Waals surface area contributed by atoms with Gasteiger partial charge in [0.1, 0.15) is 0 Å². The van der Waals surface area contributed by atoms with Crippen LogP contribution in [0.3, 0.4) is 0 Å². The van der Waals surface area contributed by atoms with Gasteiger partial charge in [-0.2, -0.15) is 0 Å². The summed E-state index contributed by atoms with van der Waals surface area (Å²) in [6.07, 6.45) is 0. The molecule has 4 nitrogen and oxygen atoms in total. The first-order valence-corrected chi connectivity index (χ1v) is 22.3. The second kappa shape index (κ2) is 16.7. The molecule has 0 N–H and O–H groups in total. The van der Waals surface area contributed by atoms with Crippen molar-refractivity contribution in [1.82, 2.24) is 19.9 Å². The summed E-state index contributed by atoms with van der Waals surface area (Å²) in [7, 11) is 0. The van der Waals surface area contributed by atoms with Crippen LogP contribution in [0.5, 0.6) is 0 Å². The summed E-state index contributed by atoms with van der Waals surface area (Å²) in [5.41, 5.74) is 14.4. The third kappa shape index (κ3) is 7.27. The maximum absolute atomic E-state index is 5.09. The summed E-state index contributed by atoms with van der Waals surface area (Å²) < 4.78 is 0. The first-order chi connectivity index (χ1) is 32.7. The molecule has 4 heteroatoms. The summed E-state index contributed by atoms with van der Waals surface area (Å²) >= 11 is 0. The lowest BCUT2D eigenvalue weighted by Crippen LogP contribution is -1.96. The van der Waals surface area contributed by atoms with Crippen LogP contribution in [0.25, 0.3) is 122 Å². The molecule has 0 saturated carbocycles. The van der Waals surface area contributed by atoms with Gasteiger partial charge in [-0.3, -0.25) is 0 Å². The topological polar surface area (TPSA) is 51.6 Å². The normalized spacial score (nSPS) is 11.3. The Morgan fingerprint density at radius 3 is 0.742 bits per heavy atom. The van der Waals surface area contributed by atoms with E-state index in [0.717, 1.165) is 67.3 Å². The van der Waals surface area contributed by atoms with E-state index in [-0.39, 0.29) is 0 Å². The Balaban J connectivity index is 0.942. The third-order valence-electron chi connectivity index (χ3n) is 12.5. The van der Waals surface area contributed by atoms with E-state index >= 15 is 0 Å². The summed E-state index contributed by atoms with van der Waals surface area (Å²) in [4.78, 5) is 20.4. The molecule has 0 aliphatic carbocycles. The van der Waals surface area contributed by atoms with Crippen molar-refractivity contribution in [3.05, 3.63) is 243 Å². The molecule has 0 aliphatic heterocycles. The van der Waals surface area contributed by atoms with Gasteiger partial charge in [0.05, 0.1) is 22.8 Å². The first kappa shape index (κ1) is 38.8. The molecule has 0 saturated heterocycles. The van der Waals surface area contributed by atoms with E-state index in [1.807, 2.05) is 72.8 Å². The van der Waals surface area contributed by atoms with Crippen molar-refractivity contribution in [2.45, 2.75) is 0 Å². The van der Waals surface area contributed by atoms with Gasteiger partial charge in [0, 0.05) is 33.4 Å². The molecule has 0 atom stereocenters. The second-order valence-electron chi connectivity index (χ2n) is 16.6. The van der Waals surface area contributed by atoms with E-state index in [1.54, 1.807) is 0 Å². The molecule has 0 unspecified atom stereocenters. The number of hydrogen-bond donors (Lipinski definition) is 0. The Morgan fingerprint density at radius 1 is 0.182 bits per heavy atom. The van der Waals surface area contributed by atoms with E-state index in [2.05, 4.69) is 170 Å². The molecular formula is C62H40N4. The number of hydrogen-bond acceptors (Lipinski definition) is 4. The van der Waals surface area contributed by atoms with Gasteiger partial charge in [-0.25, -0.2) is 19.9 Å². The number of nitrogens with zero attached hydrogens (tertiary/aromatic N) is 4. The van der Waals surface area contributed by atoms with Gasteiger partial charge in [-0.05, 0) is 78.8 Å². The lowest BCUT2D eigenvalue weighted by atomic mass is 9.87. The lowest BCUT2D eigenvalue weighted by Gasteiger charge is -2.16. The van der Waals surface area contributed by atoms with Crippen LogP contribution < -0.4 is 0 Å². The average Bonchev–Trinajstić information content (AvgIpc) is 3.41. The van der Waals surface area contributed by atoms with Crippen LogP contribution in [0.1, 0.15) is 0 Å². The van der Waals surface area contributed by atoms with Crippen molar-refractivity contribution < 1.29 is 0 Å². The smallest absolute Gasteiger partial charge is 0.160 e. The van der Waals surface area contributed by atoms with Gasteiger partial charge in [-0.1, -0.05) is 218 Å². The Hall–Kier alpha value is -8.86. The predicted molar refractivity (Wildman–Crippen MR) is 274 cm³/mol. The molecule has 0 amide bonds. The third-order valence-corrected chi connectivity index (χ3v) is 12.5. The second-order valence-corrected chi connectivity index (χ2v) is 16.6. The molecule has 0 radical (unpaired) electrons. The quantitative estimate of drug-likeness (QED) is 0.143. The van der Waals surface area contributed by atoms with Gasteiger partial charge < -0.3 is 0 Å². The number of rotatable bonds is 8. The summed E-state index contributed by atoms with van der Waals surface area (Å²) in [5, 5.41) is 7.26. The standard InChI is InChI=1S/C62H40N4/c1-5-17-43(18-6-1)57-39-58(44-19-7-2-8-20-44)64-61(63-57)47-33-29-41(30-34-47)53-37-55-52-28-16-14-26-50(52)54(38-56(55)51-27-15-13-25-49(51)53)42-31-35-48(36-32-42)62-65-59(45-21-9-3-10-22-45)40-60(66-62)46-23-11-4-12-24-46/h1-40H. The summed E-state index contributed by atoms with van der Waals surface area (Å²) in [5.74, 6) is 1.39. The van der Waals surface area contributed by atoms with Crippen LogP contribution in [-0.4, -0.2) is 19.9 Å². The van der Waals surface area contributed by atoms with Gasteiger partial charge in [0.15, 0.2) is 11.6 Å². The molecule has 0 bridgehead atoms. The number of fused-ring (bicyclic) bond motifs is 5. The van der Waals surface area contributed by atoms with Crippen molar-refractivity contribution in [1.29, 1.82) is 0 Å². The van der Waals surface area contributed by atoms with Crippen molar-refractivity contribution in [3.63, 3.8) is 0 Å². The van der Waals surface area contributed by atoms with Crippen LogP contribution in [0.4, 0.5) is 0 Å². The highest BCUT2D eigenvalue weighted by atomic mass is 14.9. The van der Waals surface area contributed by atoms with Crippen LogP contribution in [0.2, 0.25) is 0 Å². The first-order valence-electron chi connectivity index (χ1n) is 22.3. The Morgan fingerprint density at radius 2 is 0.439 bits per heavy atom. The molecule has 66 heavy (non-hydrogen) atoms. The van der Waals surface area contributed by atoms with Crippen molar-refractivity contribution in [2.75, 3.05) is 0 Å². The van der Waals surface area contributed by atoms with E-state index in [1.165, 1.54) is 43.4 Å². The average molecular weight is 841 g/mol. The fourth-order valence-corrected chi connectivity index (χ4v) is 9.21. The highest BCUT2D eigenvalue weighted by Gasteiger charge is 2.17. The van der Waals surface area contributed by atoms with E-state index in [0.29, 0.717) is 11.6 Å². The molecule has 10 aromatic carbocycles. The molecule has 12 rings (SSSR count). The minimum atomic E-state index is 0.696. The van der Waals surface area contributed by atoms with Crippen molar-refractivity contribution in [3.8, 4) is 90.1 Å². The fourth-order valence-electron chi connectivity index (χ4n) is 9.21. The van der Waals surface area contributed by atoms with E-state index in [9.17, 15) is 0 Å². The van der Waals surface area contributed by atoms with Crippen LogP contribution >= 0.6 is 0 Å². The molecule has 308 valence electrons. The Labute approximate surface area is 383 Å². The number of benzene rings is 10. The maximum atomic E-state index is 5.09. The summed E-state index contributed by atoms with van der Waals surface area (Å²) in [6, 6.07) is 85.3. The minimum absolute atomic E-state index is 0.696. The van der Waals surface area contributed by atoms with Gasteiger partial charge >= 0.3 is 0 Å². The number of aromatic nitrogens is 4. The molecule has 0 fully saturated rings. The summed E-state index contributed by atoms with van der Waals surface area (Å²) in [6.45, 7) is 0. The Bertz CT molecular complexity index is 3340. The molecule has 0 spiro atoms. The van der Waals surface area contributed by atoms with Gasteiger partial charge in [0.25, 0.3) is 0 Å². The maximum Gasteiger partial charge on any atom is 0.160 e. The van der Waals surface area contributed by atoms with Crippen LogP contribution in [0, 0.1) is 0 Å². The van der Waals surface area contributed by atoms with Gasteiger partial charge in [0.2, 0.25) is 0 Å². The highest BCUT2D eigenvalue weighted by Crippen LogP contribution is 2.42. The highest BCUT2D eigenvalue weighted by molar-refractivity contribution is 6.23. The zero-order valence-corrected chi connectivity index (χ0v) is 35.9. The zero-order valence-electron chi connectivity index (χ0n) is 35.9. The molecule has 2 heterocycles. The molecule has 12 aromatic rings. The fraction of sp³-hybridized carbons (Fsp3) is 0. The Kier molecular flexibility index (Phi) is 9.81. The van der Waals surface area contributed by atoms with Gasteiger partial charge in [-0.15, -0.1) is 0 Å². The largest absolute Gasteiger partial charge is 0.228 e. The molecule has 0 aliphatic rings. The molecule has 2 aromatic heterocycles. The predicted octanol–water partition coefficient (Wildman–Crippen LogP) is 16.1. The van der Waals surface area contributed by atoms with E-state index < -0.39 is 0 Å². The van der Waals surface area contributed by atoms with Crippen molar-refractivity contribution >= 4 is 32.3 Å². The lowest BCUT2D eigenvalue weighted by molar-refractivity contribution is 1.18. The SMILES string of the molecule is c1ccc(-c2cc(-c3ccccc3)nc(-c3ccc(-c4cc5c6ccccc6c(-c6ccc(-c7nc(-c8ccccc8)cc(-c8ccccc8)n7)cc6)cc5c5ccccc45)cc3)n2)cc1. The minimum Gasteiger partial charge on any atom is -0.228 e. The monoisotopic (exact) mass is 840 g/mol.